The predicted molar refractivity (Wildman–Crippen MR) is 148 cm³/mol. The van der Waals surface area contributed by atoms with Gasteiger partial charge in [0.25, 0.3) is 5.91 Å². The summed E-state index contributed by atoms with van der Waals surface area (Å²) in [6.45, 7) is 2.67. The fourth-order valence-corrected chi connectivity index (χ4v) is 4.87. The van der Waals surface area contributed by atoms with Gasteiger partial charge in [-0.15, -0.1) is 0 Å². The zero-order valence-corrected chi connectivity index (χ0v) is 21.8. The molecule has 0 aliphatic carbocycles. The Hall–Kier alpha value is -2.78. The van der Waals surface area contributed by atoms with Gasteiger partial charge in [-0.05, 0) is 59.8 Å². The molecule has 3 amide bonds. The average Bonchev–Trinajstić information content (AvgIpc) is 3.10. The third kappa shape index (κ3) is 5.90. The van der Waals surface area contributed by atoms with Crippen molar-refractivity contribution in [1.29, 1.82) is 0 Å². The summed E-state index contributed by atoms with van der Waals surface area (Å²) in [5, 5.41) is 6.30. The zero-order chi connectivity index (χ0) is 24.9. The fourth-order valence-electron chi connectivity index (χ4n) is 3.41. The number of anilines is 1. The van der Waals surface area contributed by atoms with E-state index in [-0.39, 0.29) is 4.32 Å². The largest absolute Gasteiger partial charge is 0.493 e. The molecule has 0 unspecified atom stereocenters. The van der Waals surface area contributed by atoms with Crippen LogP contribution in [-0.4, -0.2) is 27.9 Å². The molecule has 0 radical (unpaired) electrons. The molecule has 6 nitrogen and oxygen atoms in total. The molecular weight excluding hydrogens is 525 g/mol. The second-order valence-corrected chi connectivity index (χ2v) is 10.1. The highest BCUT2D eigenvalue weighted by atomic mass is 35.5. The number of nitrogens with one attached hydrogen (secondary N) is 2. The van der Waals surface area contributed by atoms with Gasteiger partial charge in [0.2, 0.25) is 0 Å². The summed E-state index contributed by atoms with van der Waals surface area (Å²) in [7, 11) is 0. The summed E-state index contributed by atoms with van der Waals surface area (Å²) >= 11 is 18.4. The number of thiocarbonyl (C=S) groups is 1. The van der Waals surface area contributed by atoms with Gasteiger partial charge in [0, 0.05) is 11.3 Å². The van der Waals surface area contributed by atoms with Gasteiger partial charge >= 0.3 is 6.03 Å². The maximum absolute atomic E-state index is 13.1. The summed E-state index contributed by atoms with van der Waals surface area (Å²) in [5.74, 6) is 0.254. The van der Waals surface area contributed by atoms with Crippen LogP contribution in [0.2, 0.25) is 10.0 Å². The number of benzene rings is 3. The van der Waals surface area contributed by atoms with Gasteiger partial charge in [-0.2, -0.15) is 5.01 Å². The number of nitrogens with zero attached hydrogens (tertiary/aromatic N) is 1. The summed E-state index contributed by atoms with van der Waals surface area (Å²) < 4.78 is 6.23. The van der Waals surface area contributed by atoms with Crippen molar-refractivity contribution >= 4 is 86.0 Å². The topological polar surface area (TPSA) is 70.7 Å². The Kier molecular flexibility index (Phi) is 8.18. The number of hydrazine groups is 1. The molecule has 180 valence electrons. The van der Waals surface area contributed by atoms with Crippen molar-refractivity contribution in [1.82, 2.24) is 10.4 Å². The van der Waals surface area contributed by atoms with E-state index in [9.17, 15) is 9.59 Å². The van der Waals surface area contributed by atoms with E-state index in [1.165, 1.54) is 6.07 Å². The van der Waals surface area contributed by atoms with Crippen molar-refractivity contribution in [3.05, 3.63) is 75.1 Å². The first-order valence-electron chi connectivity index (χ1n) is 10.8. The van der Waals surface area contributed by atoms with Crippen LogP contribution in [0.4, 0.5) is 10.5 Å². The number of amides is 3. The first kappa shape index (κ1) is 25.3. The van der Waals surface area contributed by atoms with Crippen molar-refractivity contribution in [2.24, 2.45) is 0 Å². The number of ether oxygens (including phenoxy) is 1. The molecule has 1 saturated heterocycles. The van der Waals surface area contributed by atoms with Gasteiger partial charge in [0.05, 0.1) is 21.6 Å². The number of hydrogen-bond acceptors (Lipinski definition) is 5. The number of hydrogen-bond donors (Lipinski definition) is 2. The van der Waals surface area contributed by atoms with E-state index >= 15 is 0 Å². The number of unbranched alkanes of at least 4 members (excludes halogenated alkanes) is 1. The number of thioether (sulfide) groups is 1. The summed E-state index contributed by atoms with van der Waals surface area (Å²) in [6, 6.07) is 15.8. The molecule has 10 heteroatoms. The lowest BCUT2D eigenvalue weighted by atomic mass is 10.0. The predicted octanol–water partition coefficient (Wildman–Crippen LogP) is 7.26. The standard InChI is InChI=1S/C25H21Cl2N3O3S2/c1-2-3-12-33-21-11-8-15-6-4-5-7-17(15)18(21)14-22-23(31)30(25(34)35-22)29-24(32)28-16-9-10-19(26)20(27)13-16/h4-11,13-14H,2-3,12H2,1H3,(H2,28,29,32)/b22-14-. The molecule has 0 atom stereocenters. The monoisotopic (exact) mass is 545 g/mol. The lowest BCUT2D eigenvalue weighted by molar-refractivity contribution is -0.123. The summed E-state index contributed by atoms with van der Waals surface area (Å²) in [5.41, 5.74) is 3.70. The SMILES string of the molecule is CCCCOc1ccc2ccccc2c1/C=C1\SC(=S)N(NC(=O)Nc2ccc(Cl)c(Cl)c2)C1=O. The molecule has 1 aliphatic rings. The van der Waals surface area contributed by atoms with E-state index in [0.717, 1.165) is 45.9 Å². The minimum atomic E-state index is -0.644. The molecule has 1 fully saturated rings. The molecular formula is C25H21Cl2N3O3S2. The first-order valence-corrected chi connectivity index (χ1v) is 12.8. The van der Waals surface area contributed by atoms with Crippen LogP contribution in [0.1, 0.15) is 25.3 Å². The van der Waals surface area contributed by atoms with Gasteiger partial charge in [-0.3, -0.25) is 4.79 Å². The van der Waals surface area contributed by atoms with Gasteiger partial charge in [-0.1, -0.05) is 78.6 Å². The summed E-state index contributed by atoms with van der Waals surface area (Å²) in [4.78, 5) is 26.0. The van der Waals surface area contributed by atoms with Crippen molar-refractivity contribution in [3.63, 3.8) is 0 Å². The maximum Gasteiger partial charge on any atom is 0.338 e. The number of carbonyl (C=O) groups excluding carboxylic acids is 2. The normalized spacial score (nSPS) is 14.6. The highest BCUT2D eigenvalue weighted by Gasteiger charge is 2.34. The quantitative estimate of drug-likeness (QED) is 0.185. The molecule has 35 heavy (non-hydrogen) atoms. The van der Waals surface area contributed by atoms with Gasteiger partial charge in [0.15, 0.2) is 4.32 Å². The number of rotatable bonds is 7. The van der Waals surface area contributed by atoms with Crippen LogP contribution in [0.3, 0.4) is 0 Å². The number of carbonyl (C=O) groups is 2. The molecule has 0 aromatic heterocycles. The lowest BCUT2D eigenvalue weighted by Crippen LogP contribution is -2.46. The van der Waals surface area contributed by atoms with E-state index in [4.69, 9.17) is 40.2 Å². The highest BCUT2D eigenvalue weighted by Crippen LogP contribution is 2.36. The third-order valence-corrected chi connectivity index (χ3v) is 7.19. The highest BCUT2D eigenvalue weighted by molar-refractivity contribution is 8.26. The molecule has 4 rings (SSSR count). The number of urea groups is 1. The van der Waals surface area contributed by atoms with Crippen LogP contribution in [0.15, 0.2) is 59.5 Å². The Labute approximate surface area is 222 Å². The lowest BCUT2D eigenvalue weighted by Gasteiger charge is -2.16. The van der Waals surface area contributed by atoms with Crippen LogP contribution in [0.5, 0.6) is 5.75 Å². The Morgan fingerprint density at radius 1 is 1.14 bits per heavy atom. The van der Waals surface area contributed by atoms with Crippen LogP contribution in [0.25, 0.3) is 16.8 Å². The minimum absolute atomic E-state index is 0.208. The van der Waals surface area contributed by atoms with E-state index in [1.54, 1.807) is 18.2 Å². The van der Waals surface area contributed by atoms with E-state index in [1.807, 2.05) is 36.4 Å². The number of fused-ring (bicyclic) bond motifs is 1. The average molecular weight is 547 g/mol. The Morgan fingerprint density at radius 2 is 1.94 bits per heavy atom. The van der Waals surface area contributed by atoms with Crippen molar-refractivity contribution in [2.45, 2.75) is 19.8 Å². The van der Waals surface area contributed by atoms with E-state index in [2.05, 4.69) is 17.7 Å². The maximum atomic E-state index is 13.1. The van der Waals surface area contributed by atoms with Crippen molar-refractivity contribution in [2.75, 3.05) is 11.9 Å². The second kappa shape index (κ2) is 11.3. The third-order valence-electron chi connectivity index (χ3n) is 5.15. The molecule has 0 bridgehead atoms. The molecule has 3 aromatic carbocycles. The first-order chi connectivity index (χ1) is 16.9. The minimum Gasteiger partial charge on any atom is -0.493 e. The summed E-state index contributed by atoms with van der Waals surface area (Å²) in [6.07, 6.45) is 3.70. The van der Waals surface area contributed by atoms with Crippen LogP contribution < -0.4 is 15.5 Å². The molecule has 1 heterocycles. The fraction of sp³-hybridized carbons (Fsp3) is 0.160. The van der Waals surface area contributed by atoms with Crippen LogP contribution in [-0.2, 0) is 4.79 Å². The smallest absolute Gasteiger partial charge is 0.338 e. The van der Waals surface area contributed by atoms with E-state index in [0.29, 0.717) is 33.0 Å². The van der Waals surface area contributed by atoms with Crippen LogP contribution in [0, 0.1) is 0 Å². The Morgan fingerprint density at radius 3 is 2.71 bits per heavy atom. The molecule has 1 aliphatic heterocycles. The van der Waals surface area contributed by atoms with Crippen LogP contribution >= 0.6 is 47.2 Å². The van der Waals surface area contributed by atoms with Crippen molar-refractivity contribution in [3.8, 4) is 5.75 Å². The zero-order valence-electron chi connectivity index (χ0n) is 18.6. The molecule has 2 N–H and O–H groups in total. The van der Waals surface area contributed by atoms with Crippen molar-refractivity contribution < 1.29 is 14.3 Å². The molecule has 0 spiro atoms. The second-order valence-electron chi connectivity index (χ2n) is 7.61. The van der Waals surface area contributed by atoms with E-state index < -0.39 is 11.9 Å². The number of halogens is 2. The Bertz CT molecular complexity index is 1350. The molecule has 0 saturated carbocycles. The van der Waals surface area contributed by atoms with Gasteiger partial charge in [-0.25, -0.2) is 10.2 Å². The molecule has 3 aromatic rings. The Balaban J connectivity index is 1.57. The van der Waals surface area contributed by atoms with Gasteiger partial charge in [0.1, 0.15) is 5.75 Å². The van der Waals surface area contributed by atoms with Gasteiger partial charge < -0.3 is 10.1 Å².